The summed E-state index contributed by atoms with van der Waals surface area (Å²) >= 11 is 0. The molecule has 0 bridgehead atoms. The van der Waals surface area contributed by atoms with Crippen LogP contribution in [0.15, 0.2) is 156 Å². The summed E-state index contributed by atoms with van der Waals surface area (Å²) in [6.45, 7) is 5.74. The van der Waals surface area contributed by atoms with Crippen LogP contribution >= 0.6 is 0 Å². The average molecular weight is 755 g/mol. The van der Waals surface area contributed by atoms with E-state index < -0.39 is 11.9 Å². The number of fused-ring (bicyclic) bond motifs is 2. The van der Waals surface area contributed by atoms with Crippen molar-refractivity contribution in [3.63, 3.8) is 0 Å². The van der Waals surface area contributed by atoms with E-state index in [1.165, 1.54) is 39.0 Å². The summed E-state index contributed by atoms with van der Waals surface area (Å²) in [5.74, 6) is 0.645. The summed E-state index contributed by atoms with van der Waals surface area (Å²) in [4.78, 5) is 26.0. The molecule has 7 rings (SSSR count). The molecule has 0 spiro atoms. The first-order valence-electron chi connectivity index (χ1n) is 19.7. The van der Waals surface area contributed by atoms with Crippen molar-refractivity contribution in [1.82, 2.24) is 0 Å². The maximum atomic E-state index is 13.7. The third-order valence-electron chi connectivity index (χ3n) is 9.98. The lowest BCUT2D eigenvalue weighted by Gasteiger charge is -2.18. The first-order chi connectivity index (χ1) is 27.9. The fourth-order valence-corrected chi connectivity index (χ4v) is 7.06. The Morgan fingerprint density at radius 1 is 0.561 bits per heavy atom. The third-order valence-corrected chi connectivity index (χ3v) is 9.98. The molecule has 7 heteroatoms. The van der Waals surface area contributed by atoms with Gasteiger partial charge in [0.2, 0.25) is 0 Å². The number of unbranched alkanes of at least 4 members (excludes halogenated alkanes) is 4. The third kappa shape index (κ3) is 9.62. The van der Waals surface area contributed by atoms with E-state index in [9.17, 15) is 9.59 Å². The van der Waals surface area contributed by atoms with Crippen LogP contribution in [0.25, 0.3) is 43.8 Å². The minimum absolute atomic E-state index is 0.178. The topological polar surface area (TPSA) is 86.6 Å². The highest BCUT2D eigenvalue weighted by molar-refractivity contribution is 6.11. The standard InChI is InChI=1S/C50H46N2O5/c1-4-5-6-7-8-13-34(2)55-43-30-28-42(29-31-43)52-51-41-26-22-37(23-27-41)36-18-20-40(21-19-36)50(54)57-47-33-25-39-15-10-12-17-45(39)49(47)48-44-16-11-9-14-38(44)24-32-46(48)56-35(3)53/h9-12,14-34H,4-8,13H2,1-3H3/t34-/m0/s1. The Morgan fingerprint density at radius 3 is 1.63 bits per heavy atom. The second-order valence-corrected chi connectivity index (χ2v) is 14.3. The molecule has 0 radical (unpaired) electrons. The number of hydrogen-bond acceptors (Lipinski definition) is 7. The highest BCUT2D eigenvalue weighted by Gasteiger charge is 2.22. The van der Waals surface area contributed by atoms with Gasteiger partial charge in [-0.2, -0.15) is 10.2 Å². The van der Waals surface area contributed by atoms with Gasteiger partial charge in [-0.1, -0.05) is 118 Å². The van der Waals surface area contributed by atoms with Crippen LogP contribution in [-0.2, 0) is 4.79 Å². The molecule has 0 aliphatic rings. The molecule has 0 aliphatic heterocycles. The maximum absolute atomic E-state index is 13.7. The van der Waals surface area contributed by atoms with E-state index in [4.69, 9.17) is 14.2 Å². The van der Waals surface area contributed by atoms with E-state index in [1.807, 2.05) is 121 Å². The van der Waals surface area contributed by atoms with Crippen molar-refractivity contribution in [1.29, 1.82) is 0 Å². The van der Waals surface area contributed by atoms with Crippen molar-refractivity contribution >= 4 is 44.9 Å². The van der Waals surface area contributed by atoms with Crippen LogP contribution in [0.1, 0.15) is 69.7 Å². The van der Waals surface area contributed by atoms with Gasteiger partial charge in [0.25, 0.3) is 0 Å². The molecular formula is C50H46N2O5. The summed E-state index contributed by atoms with van der Waals surface area (Å²) in [5.41, 5.74) is 5.13. The quantitative estimate of drug-likeness (QED) is 0.0450. The normalized spacial score (nSPS) is 11.8. The average Bonchev–Trinajstić information content (AvgIpc) is 3.23. The van der Waals surface area contributed by atoms with Crippen molar-refractivity contribution in [2.24, 2.45) is 10.2 Å². The molecule has 0 unspecified atom stereocenters. The van der Waals surface area contributed by atoms with Crippen molar-refractivity contribution < 1.29 is 23.8 Å². The zero-order valence-corrected chi connectivity index (χ0v) is 32.6. The first kappa shape index (κ1) is 38.7. The molecule has 1 atom stereocenters. The zero-order chi connectivity index (χ0) is 39.6. The van der Waals surface area contributed by atoms with Crippen LogP contribution in [0.5, 0.6) is 17.2 Å². The van der Waals surface area contributed by atoms with Gasteiger partial charge in [0.1, 0.15) is 17.2 Å². The number of hydrogen-bond donors (Lipinski definition) is 0. The molecule has 0 aliphatic carbocycles. The zero-order valence-electron chi connectivity index (χ0n) is 32.6. The highest BCUT2D eigenvalue weighted by Crippen LogP contribution is 2.46. The minimum Gasteiger partial charge on any atom is -0.491 e. The molecule has 0 amide bonds. The molecule has 286 valence electrons. The lowest BCUT2D eigenvalue weighted by atomic mass is 9.92. The van der Waals surface area contributed by atoms with Gasteiger partial charge in [-0.05, 0) is 113 Å². The molecule has 0 aromatic heterocycles. The molecule has 0 saturated heterocycles. The second kappa shape index (κ2) is 18.4. The van der Waals surface area contributed by atoms with E-state index in [1.54, 1.807) is 24.3 Å². The predicted octanol–water partition coefficient (Wildman–Crippen LogP) is 14.0. The SMILES string of the molecule is CCCCCCC[C@H](C)Oc1ccc(N=Nc2ccc(-c3ccc(C(=O)Oc4ccc5ccccc5c4-c4c(OC(C)=O)ccc5ccccc45)cc3)cc2)cc1. The van der Waals surface area contributed by atoms with Crippen molar-refractivity contribution in [3.05, 3.63) is 151 Å². The van der Waals surface area contributed by atoms with E-state index in [0.29, 0.717) is 28.2 Å². The molecule has 7 nitrogen and oxygen atoms in total. The molecule has 57 heavy (non-hydrogen) atoms. The molecule has 0 saturated carbocycles. The van der Waals surface area contributed by atoms with Gasteiger partial charge in [-0.25, -0.2) is 4.79 Å². The Balaban J connectivity index is 1.04. The summed E-state index contributed by atoms with van der Waals surface area (Å²) in [7, 11) is 0. The number of esters is 2. The number of benzene rings is 7. The summed E-state index contributed by atoms with van der Waals surface area (Å²) in [6, 6.07) is 46.0. The van der Waals surface area contributed by atoms with Crippen molar-refractivity contribution in [2.45, 2.75) is 65.4 Å². The van der Waals surface area contributed by atoms with Gasteiger partial charge in [0, 0.05) is 18.1 Å². The van der Waals surface area contributed by atoms with Gasteiger partial charge < -0.3 is 14.2 Å². The van der Waals surface area contributed by atoms with Crippen molar-refractivity contribution in [2.75, 3.05) is 0 Å². The van der Waals surface area contributed by atoms with E-state index in [0.717, 1.165) is 56.2 Å². The van der Waals surface area contributed by atoms with Crippen LogP contribution in [0.4, 0.5) is 11.4 Å². The van der Waals surface area contributed by atoms with Crippen LogP contribution in [0, 0.1) is 0 Å². The molecule has 7 aromatic carbocycles. The fourth-order valence-electron chi connectivity index (χ4n) is 7.06. The number of nitrogens with zero attached hydrogens (tertiary/aromatic N) is 2. The molecule has 0 fully saturated rings. The Hall–Kier alpha value is -6.60. The molecule has 7 aromatic rings. The van der Waals surface area contributed by atoms with E-state index in [2.05, 4.69) is 24.1 Å². The fraction of sp³-hybridized carbons (Fsp3) is 0.200. The highest BCUT2D eigenvalue weighted by atomic mass is 16.5. The number of carbonyl (C=O) groups excluding carboxylic acids is 2. The Kier molecular flexibility index (Phi) is 12.5. The Labute approximate surface area is 334 Å². The van der Waals surface area contributed by atoms with Crippen LogP contribution in [0.3, 0.4) is 0 Å². The summed E-state index contributed by atoms with van der Waals surface area (Å²) in [5, 5.41) is 12.5. The Bertz CT molecular complexity index is 2510. The van der Waals surface area contributed by atoms with Gasteiger partial charge in [-0.3, -0.25) is 4.79 Å². The second-order valence-electron chi connectivity index (χ2n) is 14.3. The monoisotopic (exact) mass is 754 g/mol. The predicted molar refractivity (Wildman–Crippen MR) is 229 cm³/mol. The van der Waals surface area contributed by atoms with Crippen molar-refractivity contribution in [3.8, 4) is 39.5 Å². The maximum Gasteiger partial charge on any atom is 0.343 e. The first-order valence-corrected chi connectivity index (χ1v) is 19.7. The van der Waals surface area contributed by atoms with Crippen LogP contribution in [-0.4, -0.2) is 18.0 Å². The summed E-state index contributed by atoms with van der Waals surface area (Å²) < 4.78 is 18.0. The Morgan fingerprint density at radius 2 is 1.07 bits per heavy atom. The van der Waals surface area contributed by atoms with Crippen LogP contribution in [0.2, 0.25) is 0 Å². The van der Waals surface area contributed by atoms with E-state index in [-0.39, 0.29) is 6.10 Å². The summed E-state index contributed by atoms with van der Waals surface area (Å²) in [6.07, 6.45) is 7.54. The lowest BCUT2D eigenvalue weighted by molar-refractivity contribution is -0.131. The largest absolute Gasteiger partial charge is 0.491 e. The minimum atomic E-state index is -0.505. The molecule has 0 N–H and O–H groups in total. The van der Waals surface area contributed by atoms with Crippen LogP contribution < -0.4 is 14.2 Å². The smallest absolute Gasteiger partial charge is 0.343 e. The van der Waals surface area contributed by atoms with Gasteiger partial charge in [0.05, 0.1) is 23.0 Å². The molecule has 0 heterocycles. The number of azo groups is 1. The molecular weight excluding hydrogens is 709 g/mol. The van der Waals surface area contributed by atoms with Gasteiger partial charge >= 0.3 is 11.9 Å². The lowest BCUT2D eigenvalue weighted by Crippen LogP contribution is -2.11. The number of ether oxygens (including phenoxy) is 3. The number of rotatable bonds is 15. The van der Waals surface area contributed by atoms with Gasteiger partial charge in [-0.15, -0.1) is 0 Å². The number of carbonyl (C=O) groups is 2. The van der Waals surface area contributed by atoms with Gasteiger partial charge in [0.15, 0.2) is 0 Å². The van der Waals surface area contributed by atoms with E-state index >= 15 is 0 Å².